The molecule has 1 fully saturated rings. The number of H-pyrrole nitrogens is 1. The van der Waals surface area contributed by atoms with Gasteiger partial charge >= 0.3 is 0 Å². The number of pyridine rings is 1. The predicted octanol–water partition coefficient (Wildman–Crippen LogP) is 2.47. The van der Waals surface area contributed by atoms with E-state index in [9.17, 15) is 9.18 Å². The zero-order chi connectivity index (χ0) is 18.8. The molecule has 1 amide bonds. The van der Waals surface area contributed by atoms with E-state index < -0.39 is 5.82 Å². The molecule has 1 atom stereocenters. The van der Waals surface area contributed by atoms with Gasteiger partial charge in [0.25, 0.3) is 0 Å². The van der Waals surface area contributed by atoms with Gasteiger partial charge in [-0.25, -0.2) is 9.49 Å². The Morgan fingerprint density at radius 2 is 2.11 bits per heavy atom. The number of benzene rings is 1. The van der Waals surface area contributed by atoms with Gasteiger partial charge in [-0.1, -0.05) is 6.07 Å². The summed E-state index contributed by atoms with van der Waals surface area (Å²) in [6.45, 7) is 0.521. The standard InChI is InChI=1S/C19H15FN6O/c20-16-10-12(1-2-15(16)11-21)9-14-5-8-26(18(14)27)19-23-17(24-25-19)13-3-6-22-7-4-13/h1-4,6-7,10,14H,5,8-9H2,(H,23,24,25)/t14-/m0/s1. The van der Waals surface area contributed by atoms with Crippen LogP contribution in [-0.2, 0) is 11.2 Å². The normalized spacial score (nSPS) is 16.5. The molecular formula is C19H15FN6O. The van der Waals surface area contributed by atoms with E-state index >= 15 is 0 Å². The number of amides is 1. The third-order valence-corrected chi connectivity index (χ3v) is 4.62. The van der Waals surface area contributed by atoms with E-state index in [4.69, 9.17) is 5.26 Å². The summed E-state index contributed by atoms with van der Waals surface area (Å²) in [6, 6.07) is 9.84. The molecule has 1 aliphatic heterocycles. The quantitative estimate of drug-likeness (QED) is 0.769. The molecule has 1 N–H and O–H groups in total. The fourth-order valence-electron chi connectivity index (χ4n) is 3.20. The van der Waals surface area contributed by atoms with Crippen molar-refractivity contribution in [3.05, 3.63) is 59.7 Å². The van der Waals surface area contributed by atoms with Crippen molar-refractivity contribution in [2.75, 3.05) is 11.4 Å². The van der Waals surface area contributed by atoms with Crippen LogP contribution in [0.15, 0.2) is 42.7 Å². The molecule has 134 valence electrons. The van der Waals surface area contributed by atoms with Crippen LogP contribution in [0, 0.1) is 23.1 Å². The lowest BCUT2D eigenvalue weighted by atomic mass is 9.97. The molecular weight excluding hydrogens is 347 g/mol. The van der Waals surface area contributed by atoms with Crippen molar-refractivity contribution < 1.29 is 9.18 Å². The number of halogens is 1. The Kier molecular flexibility index (Phi) is 4.34. The Bertz CT molecular complexity index is 1030. The molecule has 0 radical (unpaired) electrons. The summed E-state index contributed by atoms with van der Waals surface area (Å²) >= 11 is 0. The number of hydrogen-bond donors (Lipinski definition) is 1. The molecule has 4 rings (SSSR count). The molecule has 2 aromatic heterocycles. The fourth-order valence-corrected chi connectivity index (χ4v) is 3.20. The second-order valence-corrected chi connectivity index (χ2v) is 6.32. The first-order valence-electron chi connectivity index (χ1n) is 8.48. The van der Waals surface area contributed by atoms with Crippen molar-refractivity contribution in [3.63, 3.8) is 0 Å². The highest BCUT2D eigenvalue weighted by atomic mass is 19.1. The summed E-state index contributed by atoms with van der Waals surface area (Å²) in [5.74, 6) is 0.0108. The van der Waals surface area contributed by atoms with Crippen molar-refractivity contribution in [1.29, 1.82) is 5.26 Å². The van der Waals surface area contributed by atoms with Gasteiger partial charge in [0.05, 0.1) is 5.56 Å². The van der Waals surface area contributed by atoms with Gasteiger partial charge in [0.15, 0.2) is 5.82 Å². The number of hydrogen-bond acceptors (Lipinski definition) is 5. The van der Waals surface area contributed by atoms with Gasteiger partial charge in [-0.3, -0.25) is 14.7 Å². The predicted molar refractivity (Wildman–Crippen MR) is 94.9 cm³/mol. The van der Waals surface area contributed by atoms with Crippen LogP contribution in [0.5, 0.6) is 0 Å². The average Bonchev–Trinajstić information content (AvgIpc) is 3.30. The summed E-state index contributed by atoms with van der Waals surface area (Å²) in [7, 11) is 0. The lowest BCUT2D eigenvalue weighted by Gasteiger charge is -2.13. The highest BCUT2D eigenvalue weighted by Gasteiger charge is 2.34. The zero-order valence-electron chi connectivity index (χ0n) is 14.3. The van der Waals surface area contributed by atoms with Gasteiger partial charge in [0.2, 0.25) is 11.9 Å². The minimum Gasteiger partial charge on any atom is -0.281 e. The Labute approximate surface area is 154 Å². The minimum absolute atomic E-state index is 0.00317. The molecule has 0 spiro atoms. The lowest BCUT2D eigenvalue weighted by molar-refractivity contribution is -0.120. The maximum atomic E-state index is 13.8. The van der Waals surface area contributed by atoms with E-state index in [-0.39, 0.29) is 17.4 Å². The number of carbonyl (C=O) groups excluding carboxylic acids is 1. The third kappa shape index (κ3) is 3.27. The van der Waals surface area contributed by atoms with Gasteiger partial charge in [0, 0.05) is 30.4 Å². The maximum absolute atomic E-state index is 13.8. The van der Waals surface area contributed by atoms with Crippen LogP contribution in [-0.4, -0.2) is 32.6 Å². The van der Waals surface area contributed by atoms with Gasteiger partial charge in [-0.15, -0.1) is 0 Å². The first-order valence-corrected chi connectivity index (χ1v) is 8.48. The molecule has 1 aromatic carbocycles. The average molecular weight is 362 g/mol. The van der Waals surface area contributed by atoms with Gasteiger partial charge in [-0.2, -0.15) is 15.3 Å². The summed E-state index contributed by atoms with van der Waals surface area (Å²) in [6.07, 6.45) is 4.37. The number of aromatic amines is 1. The minimum atomic E-state index is -0.561. The first-order chi connectivity index (χ1) is 13.2. The number of carbonyl (C=O) groups is 1. The lowest BCUT2D eigenvalue weighted by Crippen LogP contribution is -2.28. The van der Waals surface area contributed by atoms with Crippen molar-refractivity contribution in [2.24, 2.45) is 5.92 Å². The Morgan fingerprint density at radius 1 is 1.30 bits per heavy atom. The van der Waals surface area contributed by atoms with E-state index in [2.05, 4.69) is 20.2 Å². The van der Waals surface area contributed by atoms with Crippen LogP contribution in [0.2, 0.25) is 0 Å². The van der Waals surface area contributed by atoms with Crippen molar-refractivity contribution >= 4 is 11.9 Å². The summed E-state index contributed by atoms with van der Waals surface area (Å²) in [5.41, 5.74) is 1.51. The van der Waals surface area contributed by atoms with E-state index in [1.807, 2.05) is 0 Å². The maximum Gasteiger partial charge on any atom is 0.232 e. The fraction of sp³-hybridized carbons (Fsp3) is 0.211. The van der Waals surface area contributed by atoms with Crippen molar-refractivity contribution in [2.45, 2.75) is 12.8 Å². The Balaban J connectivity index is 1.48. The SMILES string of the molecule is N#Cc1ccc(C[C@@H]2CCN(c3nc(-c4ccncc4)n[nH]3)C2=O)cc1F. The molecule has 7 nitrogen and oxygen atoms in total. The molecule has 3 aromatic rings. The van der Waals surface area contributed by atoms with Crippen LogP contribution in [0.4, 0.5) is 10.3 Å². The second-order valence-electron chi connectivity index (χ2n) is 6.32. The molecule has 0 aliphatic carbocycles. The largest absolute Gasteiger partial charge is 0.281 e. The monoisotopic (exact) mass is 362 g/mol. The highest BCUT2D eigenvalue weighted by Crippen LogP contribution is 2.27. The Hall–Kier alpha value is -3.60. The van der Waals surface area contributed by atoms with E-state index in [0.29, 0.717) is 36.7 Å². The molecule has 0 unspecified atom stereocenters. The number of aromatic nitrogens is 4. The Morgan fingerprint density at radius 3 is 2.85 bits per heavy atom. The first kappa shape index (κ1) is 16.8. The van der Waals surface area contributed by atoms with Crippen LogP contribution in [0.3, 0.4) is 0 Å². The van der Waals surface area contributed by atoms with Crippen molar-refractivity contribution in [3.8, 4) is 17.5 Å². The van der Waals surface area contributed by atoms with E-state index in [1.54, 1.807) is 41.6 Å². The highest BCUT2D eigenvalue weighted by molar-refractivity contribution is 5.95. The number of nitriles is 1. The van der Waals surface area contributed by atoms with Crippen LogP contribution in [0.1, 0.15) is 17.5 Å². The number of anilines is 1. The van der Waals surface area contributed by atoms with Gasteiger partial charge < -0.3 is 0 Å². The molecule has 1 aliphatic rings. The molecule has 3 heterocycles. The molecule has 0 bridgehead atoms. The number of rotatable bonds is 4. The molecule has 1 saturated heterocycles. The molecule has 0 saturated carbocycles. The van der Waals surface area contributed by atoms with Gasteiger partial charge in [-0.05, 0) is 42.7 Å². The van der Waals surface area contributed by atoms with Crippen LogP contribution in [0.25, 0.3) is 11.4 Å². The summed E-state index contributed by atoms with van der Waals surface area (Å²) in [5, 5.41) is 15.8. The van der Waals surface area contributed by atoms with Crippen molar-refractivity contribution in [1.82, 2.24) is 20.2 Å². The third-order valence-electron chi connectivity index (χ3n) is 4.62. The molecule has 8 heteroatoms. The number of nitrogens with zero attached hydrogens (tertiary/aromatic N) is 5. The zero-order valence-corrected chi connectivity index (χ0v) is 14.3. The van der Waals surface area contributed by atoms with Crippen LogP contribution < -0.4 is 4.90 Å². The second kappa shape index (κ2) is 6.96. The van der Waals surface area contributed by atoms with E-state index in [0.717, 1.165) is 5.56 Å². The van der Waals surface area contributed by atoms with Gasteiger partial charge in [0.1, 0.15) is 11.9 Å². The number of nitrogens with one attached hydrogen (secondary N) is 1. The van der Waals surface area contributed by atoms with E-state index in [1.165, 1.54) is 12.1 Å². The summed E-state index contributed by atoms with van der Waals surface area (Å²) < 4.78 is 13.8. The summed E-state index contributed by atoms with van der Waals surface area (Å²) in [4.78, 5) is 22.7. The molecule has 27 heavy (non-hydrogen) atoms. The topological polar surface area (TPSA) is 98.6 Å². The van der Waals surface area contributed by atoms with Crippen LogP contribution >= 0.6 is 0 Å². The smallest absolute Gasteiger partial charge is 0.232 e.